The van der Waals surface area contributed by atoms with Crippen LogP contribution in [-0.2, 0) is 0 Å². The van der Waals surface area contributed by atoms with Gasteiger partial charge in [0.1, 0.15) is 16.8 Å². The highest BCUT2D eigenvalue weighted by atomic mass is 32.1. The van der Waals surface area contributed by atoms with Crippen LogP contribution in [0.3, 0.4) is 0 Å². The Kier molecular flexibility index (Phi) is 4.91. The summed E-state index contributed by atoms with van der Waals surface area (Å²) in [5.41, 5.74) is 8.70. The highest BCUT2D eigenvalue weighted by Crippen LogP contribution is 2.15. The average molecular weight is 248 g/mol. The van der Waals surface area contributed by atoms with E-state index in [2.05, 4.69) is 22.7 Å². The van der Waals surface area contributed by atoms with Gasteiger partial charge in [0.25, 0.3) is 0 Å². The number of hydrogen-bond donors (Lipinski definition) is 2. The van der Waals surface area contributed by atoms with Crippen LogP contribution in [-0.4, -0.2) is 17.3 Å². The van der Waals surface area contributed by atoms with Crippen LogP contribution in [0.25, 0.3) is 0 Å². The molecule has 5 nitrogen and oxygen atoms in total. The highest BCUT2D eigenvalue weighted by Gasteiger charge is 2.00. The lowest BCUT2D eigenvalue weighted by Crippen LogP contribution is -2.20. The summed E-state index contributed by atoms with van der Waals surface area (Å²) in [4.78, 5) is -0.0362. The molecule has 0 heterocycles. The summed E-state index contributed by atoms with van der Waals surface area (Å²) in [6, 6.07) is 8.96. The molecule has 0 radical (unpaired) electrons. The minimum Gasteiger partial charge on any atom is -0.494 e. The van der Waals surface area contributed by atoms with Gasteiger partial charge in [-0.25, -0.2) is 0 Å². The van der Waals surface area contributed by atoms with Crippen molar-refractivity contribution in [2.45, 2.75) is 6.92 Å². The number of rotatable bonds is 5. The molecule has 0 aliphatic carbocycles. The van der Waals surface area contributed by atoms with E-state index in [1.165, 1.54) is 0 Å². The van der Waals surface area contributed by atoms with Crippen LogP contribution >= 0.6 is 12.2 Å². The lowest BCUT2D eigenvalue weighted by Gasteiger charge is -2.04. The smallest absolute Gasteiger partial charge is 0.194 e. The molecular weight excluding hydrogens is 236 g/mol. The third-order valence-corrected chi connectivity index (χ3v) is 1.99. The number of hydrogen-bond acceptors (Lipinski definition) is 5. The van der Waals surface area contributed by atoms with Crippen molar-refractivity contribution in [1.82, 2.24) is 0 Å². The van der Waals surface area contributed by atoms with Crippen LogP contribution in [0.4, 0.5) is 5.69 Å². The van der Waals surface area contributed by atoms with Crippen molar-refractivity contribution in [3.63, 3.8) is 0 Å². The molecule has 0 atom stereocenters. The van der Waals surface area contributed by atoms with Gasteiger partial charge in [0.2, 0.25) is 0 Å². The first-order valence-corrected chi connectivity index (χ1v) is 5.34. The molecule has 0 fully saturated rings. The number of thiocarbonyl (C=S) groups is 1. The molecule has 17 heavy (non-hydrogen) atoms. The summed E-state index contributed by atoms with van der Waals surface area (Å²) >= 11 is 4.65. The van der Waals surface area contributed by atoms with Crippen LogP contribution in [0.2, 0.25) is 0 Å². The van der Waals surface area contributed by atoms with Gasteiger partial charge < -0.3 is 10.5 Å². The van der Waals surface area contributed by atoms with E-state index in [0.717, 1.165) is 11.4 Å². The number of benzene rings is 1. The maximum atomic E-state index is 8.68. The van der Waals surface area contributed by atoms with Gasteiger partial charge in [0.15, 0.2) is 5.71 Å². The van der Waals surface area contributed by atoms with E-state index in [1.54, 1.807) is 30.3 Å². The Morgan fingerprint density at radius 2 is 2.18 bits per heavy atom. The van der Waals surface area contributed by atoms with Crippen LogP contribution < -0.4 is 15.9 Å². The number of hydrazone groups is 1. The largest absolute Gasteiger partial charge is 0.494 e. The molecule has 0 aliphatic rings. The molecule has 0 spiro atoms. The molecule has 1 rings (SSSR count). The molecule has 88 valence electrons. The number of nitriles is 1. The van der Waals surface area contributed by atoms with Crippen molar-refractivity contribution in [1.29, 1.82) is 5.26 Å². The third kappa shape index (κ3) is 4.09. The second-order valence-corrected chi connectivity index (χ2v) is 3.45. The van der Waals surface area contributed by atoms with E-state index in [4.69, 9.17) is 15.7 Å². The van der Waals surface area contributed by atoms with Gasteiger partial charge in [-0.3, -0.25) is 5.43 Å². The van der Waals surface area contributed by atoms with Crippen LogP contribution in [0, 0.1) is 11.3 Å². The molecule has 0 aliphatic heterocycles. The minimum atomic E-state index is -0.0362. The van der Waals surface area contributed by atoms with Gasteiger partial charge in [0.05, 0.1) is 12.3 Å². The average Bonchev–Trinajstić information content (AvgIpc) is 2.32. The Bertz CT molecular complexity index is 461. The molecule has 1 aromatic carbocycles. The van der Waals surface area contributed by atoms with Crippen LogP contribution in [0.1, 0.15) is 6.92 Å². The number of ether oxygens (including phenoxy) is 1. The first kappa shape index (κ1) is 12.9. The fraction of sp³-hybridized carbons (Fsp3) is 0.182. The van der Waals surface area contributed by atoms with Crippen molar-refractivity contribution in [2.75, 3.05) is 12.0 Å². The van der Waals surface area contributed by atoms with Gasteiger partial charge in [-0.05, 0) is 31.2 Å². The molecule has 6 heteroatoms. The normalized spacial score (nSPS) is 10.5. The maximum absolute atomic E-state index is 8.68. The van der Waals surface area contributed by atoms with Crippen molar-refractivity contribution in [2.24, 2.45) is 10.8 Å². The third-order valence-electron chi connectivity index (χ3n) is 1.80. The van der Waals surface area contributed by atoms with Crippen LogP contribution in [0.15, 0.2) is 29.4 Å². The molecule has 0 aromatic heterocycles. The molecule has 1 aromatic rings. The number of nitrogens with zero attached hydrogens (tertiary/aromatic N) is 2. The number of nitrogens with one attached hydrogen (secondary N) is 1. The zero-order valence-corrected chi connectivity index (χ0v) is 10.1. The maximum Gasteiger partial charge on any atom is 0.194 e. The molecule has 3 N–H and O–H groups in total. The van der Waals surface area contributed by atoms with Gasteiger partial charge in [-0.15, -0.1) is 0 Å². The summed E-state index contributed by atoms with van der Waals surface area (Å²) in [6.07, 6.45) is 0. The number of anilines is 1. The fourth-order valence-electron chi connectivity index (χ4n) is 1.05. The number of nitrogens with two attached hydrogens (primary N) is 1. The molecule has 0 saturated heterocycles. The van der Waals surface area contributed by atoms with Gasteiger partial charge >= 0.3 is 0 Å². The SMILES string of the molecule is CCOc1ccc(N/N=C(\C#N)C(N)=S)cc1. The quantitative estimate of drug-likeness (QED) is 0.470. The molecule has 0 amide bonds. The van der Waals surface area contributed by atoms with E-state index in [0.29, 0.717) is 6.61 Å². The zero-order valence-electron chi connectivity index (χ0n) is 9.30. The second-order valence-electron chi connectivity index (χ2n) is 3.01. The summed E-state index contributed by atoms with van der Waals surface area (Å²) in [7, 11) is 0. The van der Waals surface area contributed by atoms with Crippen molar-refractivity contribution in [3.05, 3.63) is 24.3 Å². The van der Waals surface area contributed by atoms with E-state index >= 15 is 0 Å². The molecule has 0 saturated carbocycles. The van der Waals surface area contributed by atoms with Gasteiger partial charge in [0, 0.05) is 0 Å². The monoisotopic (exact) mass is 248 g/mol. The topological polar surface area (TPSA) is 83.4 Å². The Labute approximate surface area is 105 Å². The minimum absolute atomic E-state index is 0.00566. The van der Waals surface area contributed by atoms with E-state index in [-0.39, 0.29) is 10.7 Å². The lowest BCUT2D eigenvalue weighted by molar-refractivity contribution is 0.340. The Morgan fingerprint density at radius 1 is 1.53 bits per heavy atom. The predicted octanol–water partition coefficient (Wildman–Crippen LogP) is 1.66. The van der Waals surface area contributed by atoms with E-state index in [9.17, 15) is 0 Å². The first-order valence-electron chi connectivity index (χ1n) is 4.93. The van der Waals surface area contributed by atoms with Gasteiger partial charge in [-0.2, -0.15) is 10.4 Å². The molecule has 0 bridgehead atoms. The first-order chi connectivity index (χ1) is 8.17. The van der Waals surface area contributed by atoms with E-state index < -0.39 is 0 Å². The summed E-state index contributed by atoms with van der Waals surface area (Å²) in [5.74, 6) is 0.775. The predicted molar refractivity (Wildman–Crippen MR) is 71.1 cm³/mol. The highest BCUT2D eigenvalue weighted by molar-refractivity contribution is 7.82. The lowest BCUT2D eigenvalue weighted by atomic mass is 10.3. The van der Waals surface area contributed by atoms with Crippen molar-refractivity contribution >= 4 is 28.6 Å². The Hall–Kier alpha value is -2.13. The molecular formula is C11H12N4OS. The Morgan fingerprint density at radius 3 is 2.65 bits per heavy atom. The van der Waals surface area contributed by atoms with Gasteiger partial charge in [-0.1, -0.05) is 12.2 Å². The van der Waals surface area contributed by atoms with Crippen LogP contribution in [0.5, 0.6) is 5.75 Å². The Balaban J connectivity index is 2.70. The van der Waals surface area contributed by atoms with E-state index in [1.807, 2.05) is 6.92 Å². The standard InChI is InChI=1S/C11H12N4OS/c1-2-16-9-5-3-8(4-6-9)14-15-10(7-12)11(13)17/h3-6,14H,2H2,1H3,(H2,13,17)/b15-10+. The fourth-order valence-corrected chi connectivity index (χ4v) is 1.14. The summed E-state index contributed by atoms with van der Waals surface area (Å²) in [6.45, 7) is 2.53. The molecule has 0 unspecified atom stereocenters. The van der Waals surface area contributed by atoms with Crippen molar-refractivity contribution in [3.8, 4) is 11.8 Å². The summed E-state index contributed by atoms with van der Waals surface area (Å²) in [5, 5.41) is 12.5. The van der Waals surface area contributed by atoms with Crippen molar-refractivity contribution < 1.29 is 4.74 Å². The second kappa shape index (κ2) is 6.45. The zero-order chi connectivity index (χ0) is 12.7. The summed E-state index contributed by atoms with van der Waals surface area (Å²) < 4.78 is 5.29.